The van der Waals surface area contributed by atoms with E-state index in [0.29, 0.717) is 25.4 Å². The van der Waals surface area contributed by atoms with Crippen molar-refractivity contribution in [2.75, 3.05) is 13.7 Å². The van der Waals surface area contributed by atoms with Gasteiger partial charge >= 0.3 is 0 Å². The fourth-order valence-electron chi connectivity index (χ4n) is 5.79. The maximum Gasteiger partial charge on any atom is 0.247 e. The molecule has 3 aromatic carbocycles. The van der Waals surface area contributed by atoms with Crippen molar-refractivity contribution >= 4 is 17.9 Å². The fourth-order valence-corrected chi connectivity index (χ4v) is 5.79. The molecule has 1 atom stereocenters. The zero-order chi connectivity index (χ0) is 31.7. The number of nitrogens with zero attached hydrogens (tertiary/aromatic N) is 4. The molecule has 0 N–H and O–H groups in total. The second-order valence-electron chi connectivity index (χ2n) is 11.3. The zero-order valence-electron chi connectivity index (χ0n) is 25.8. The lowest BCUT2D eigenvalue weighted by Crippen LogP contribution is -2.52. The Morgan fingerprint density at radius 1 is 0.848 bits per heavy atom. The molecule has 1 aliphatic rings. The zero-order valence-corrected chi connectivity index (χ0v) is 25.8. The minimum Gasteiger partial charge on any atom is -0.481 e. The summed E-state index contributed by atoms with van der Waals surface area (Å²) in [5.74, 6) is 0.184. The summed E-state index contributed by atoms with van der Waals surface area (Å²) in [5, 5.41) is 0. The molecule has 0 aliphatic carbocycles. The molecule has 0 spiro atoms. The summed E-state index contributed by atoms with van der Waals surface area (Å²) in [7, 11) is 1.56. The number of hydrogen-bond donors (Lipinski definition) is 0. The van der Waals surface area contributed by atoms with E-state index in [1.807, 2.05) is 95.9 Å². The van der Waals surface area contributed by atoms with Crippen LogP contribution in [0.2, 0.25) is 0 Å². The summed E-state index contributed by atoms with van der Waals surface area (Å²) < 4.78 is 5.17. The largest absolute Gasteiger partial charge is 0.481 e. The van der Waals surface area contributed by atoms with Crippen LogP contribution in [-0.2, 0) is 35.5 Å². The van der Waals surface area contributed by atoms with E-state index in [1.54, 1.807) is 36.5 Å². The molecule has 5 aromatic rings. The van der Waals surface area contributed by atoms with Crippen LogP contribution < -0.4 is 4.74 Å². The van der Waals surface area contributed by atoms with Crippen molar-refractivity contribution < 1.29 is 14.3 Å². The van der Waals surface area contributed by atoms with Crippen LogP contribution in [0.15, 0.2) is 128 Å². The van der Waals surface area contributed by atoms with Crippen molar-refractivity contribution in [3.8, 4) is 17.1 Å². The van der Waals surface area contributed by atoms with Crippen molar-refractivity contribution in [1.82, 2.24) is 19.8 Å². The summed E-state index contributed by atoms with van der Waals surface area (Å²) in [6.07, 6.45) is 7.87. The maximum atomic E-state index is 14.5. The Kier molecular flexibility index (Phi) is 9.59. The van der Waals surface area contributed by atoms with Crippen LogP contribution in [0, 0.1) is 0 Å². The van der Waals surface area contributed by atoms with Gasteiger partial charge in [0.15, 0.2) is 0 Å². The number of benzene rings is 3. The molecule has 230 valence electrons. The molecule has 0 fully saturated rings. The van der Waals surface area contributed by atoms with Gasteiger partial charge in [0.1, 0.15) is 6.04 Å². The van der Waals surface area contributed by atoms with Gasteiger partial charge in [0.05, 0.1) is 12.8 Å². The smallest absolute Gasteiger partial charge is 0.247 e. The van der Waals surface area contributed by atoms with E-state index in [2.05, 4.69) is 22.1 Å². The second kappa shape index (κ2) is 14.5. The van der Waals surface area contributed by atoms with E-state index in [-0.39, 0.29) is 18.4 Å². The Balaban J connectivity index is 1.34. The SMILES string of the molecule is COc1ccc(C=CC(=O)N(Cc2ccc(-c3ccccn3)cc2)[C@@H](Cc2ccccc2)C(=O)N2CCc3ccccc3C2)cn1. The highest BCUT2D eigenvalue weighted by molar-refractivity contribution is 5.95. The number of methoxy groups -OCH3 is 1. The number of carbonyl (C=O) groups excluding carboxylic acids is 2. The van der Waals surface area contributed by atoms with E-state index in [1.165, 1.54) is 11.6 Å². The van der Waals surface area contributed by atoms with Gasteiger partial charge < -0.3 is 14.5 Å². The minimum atomic E-state index is -0.714. The third-order valence-electron chi connectivity index (χ3n) is 8.31. The minimum absolute atomic E-state index is 0.0590. The molecule has 0 saturated heterocycles. The molecule has 2 aromatic heterocycles. The monoisotopic (exact) mass is 608 g/mol. The molecule has 0 saturated carbocycles. The lowest BCUT2D eigenvalue weighted by Gasteiger charge is -2.37. The number of ether oxygens (including phenoxy) is 1. The highest BCUT2D eigenvalue weighted by Crippen LogP contribution is 2.24. The topological polar surface area (TPSA) is 75.6 Å². The van der Waals surface area contributed by atoms with Crippen LogP contribution in [0.25, 0.3) is 17.3 Å². The standard InChI is InChI=1S/C39H36N4O3/c1-46-37-20-16-30(26-41-37)17-21-38(44)43(27-31-14-18-33(19-15-31)35-13-7-8-23-40-35)36(25-29-9-3-2-4-10-29)39(45)42-24-22-32-11-5-6-12-34(32)28-42/h2-21,23,26,36H,22,24-25,27-28H2,1H3/t36-/m0/s1. The van der Waals surface area contributed by atoms with Crippen LogP contribution in [0.3, 0.4) is 0 Å². The first-order chi connectivity index (χ1) is 22.6. The van der Waals surface area contributed by atoms with Gasteiger partial charge in [-0.05, 0) is 58.5 Å². The first-order valence-electron chi connectivity index (χ1n) is 15.5. The predicted molar refractivity (Wildman–Crippen MR) is 180 cm³/mol. The molecule has 7 heteroatoms. The lowest BCUT2D eigenvalue weighted by atomic mass is 9.97. The van der Waals surface area contributed by atoms with Gasteiger partial charge in [0, 0.05) is 56.2 Å². The highest BCUT2D eigenvalue weighted by Gasteiger charge is 2.34. The van der Waals surface area contributed by atoms with Gasteiger partial charge in [-0.15, -0.1) is 0 Å². The van der Waals surface area contributed by atoms with Gasteiger partial charge in [-0.3, -0.25) is 14.6 Å². The van der Waals surface area contributed by atoms with Gasteiger partial charge in [0.2, 0.25) is 17.7 Å². The molecule has 2 amide bonds. The first kappa shape index (κ1) is 30.5. The molecule has 0 bridgehead atoms. The Morgan fingerprint density at radius 2 is 1.61 bits per heavy atom. The second-order valence-corrected chi connectivity index (χ2v) is 11.3. The van der Waals surface area contributed by atoms with E-state index < -0.39 is 6.04 Å². The van der Waals surface area contributed by atoms with E-state index in [0.717, 1.165) is 39.9 Å². The van der Waals surface area contributed by atoms with E-state index in [9.17, 15) is 9.59 Å². The van der Waals surface area contributed by atoms with Crippen LogP contribution in [0.5, 0.6) is 5.88 Å². The van der Waals surface area contributed by atoms with Crippen molar-refractivity contribution in [3.63, 3.8) is 0 Å². The van der Waals surface area contributed by atoms with Crippen LogP contribution in [0.1, 0.15) is 27.8 Å². The molecule has 3 heterocycles. The molecule has 7 nitrogen and oxygen atoms in total. The number of carbonyl (C=O) groups is 2. The normalized spacial score (nSPS) is 13.2. The third-order valence-corrected chi connectivity index (χ3v) is 8.31. The molecular formula is C39H36N4O3. The Bertz CT molecular complexity index is 1790. The number of hydrogen-bond acceptors (Lipinski definition) is 5. The molecule has 6 rings (SSSR count). The van der Waals surface area contributed by atoms with Crippen molar-refractivity contribution in [1.29, 1.82) is 0 Å². The summed E-state index contributed by atoms with van der Waals surface area (Å²) in [6, 6.07) is 34.9. The van der Waals surface area contributed by atoms with Crippen molar-refractivity contribution in [3.05, 3.63) is 155 Å². The lowest BCUT2D eigenvalue weighted by molar-refractivity contribution is -0.144. The van der Waals surface area contributed by atoms with Crippen LogP contribution >= 0.6 is 0 Å². The Labute approximate surface area is 269 Å². The van der Waals surface area contributed by atoms with Gasteiger partial charge in [-0.1, -0.05) is 84.9 Å². The quantitative estimate of drug-likeness (QED) is 0.172. The number of rotatable bonds is 10. The summed E-state index contributed by atoms with van der Waals surface area (Å²) >= 11 is 0. The molecule has 0 unspecified atom stereocenters. The highest BCUT2D eigenvalue weighted by atomic mass is 16.5. The molecule has 0 radical (unpaired) electrons. The average molecular weight is 609 g/mol. The van der Waals surface area contributed by atoms with Gasteiger partial charge in [0.25, 0.3) is 0 Å². The third kappa shape index (κ3) is 7.38. The number of aromatic nitrogens is 2. The Hall–Kier alpha value is -5.56. The number of pyridine rings is 2. The van der Waals surface area contributed by atoms with Gasteiger partial charge in [-0.25, -0.2) is 4.98 Å². The summed E-state index contributed by atoms with van der Waals surface area (Å²) in [6.45, 7) is 1.39. The van der Waals surface area contributed by atoms with Gasteiger partial charge in [-0.2, -0.15) is 0 Å². The van der Waals surface area contributed by atoms with Crippen molar-refractivity contribution in [2.45, 2.75) is 32.0 Å². The maximum absolute atomic E-state index is 14.5. The van der Waals surface area contributed by atoms with Crippen LogP contribution in [0.4, 0.5) is 0 Å². The molecule has 46 heavy (non-hydrogen) atoms. The average Bonchev–Trinajstić information content (AvgIpc) is 3.13. The molecule has 1 aliphatic heterocycles. The fraction of sp³-hybridized carbons (Fsp3) is 0.179. The van der Waals surface area contributed by atoms with Crippen molar-refractivity contribution in [2.24, 2.45) is 0 Å². The first-order valence-corrected chi connectivity index (χ1v) is 15.5. The summed E-state index contributed by atoms with van der Waals surface area (Å²) in [5.41, 5.74) is 6.94. The summed E-state index contributed by atoms with van der Waals surface area (Å²) in [4.78, 5) is 41.0. The molecular weight excluding hydrogens is 572 g/mol. The van der Waals surface area contributed by atoms with E-state index >= 15 is 0 Å². The number of amides is 2. The Morgan fingerprint density at radius 3 is 2.33 bits per heavy atom. The van der Waals surface area contributed by atoms with Crippen LogP contribution in [-0.4, -0.2) is 51.3 Å². The number of fused-ring (bicyclic) bond motifs is 1. The van der Waals surface area contributed by atoms with E-state index in [4.69, 9.17) is 4.74 Å². The predicted octanol–water partition coefficient (Wildman–Crippen LogP) is 6.39.